The third kappa shape index (κ3) is 11.4. The fourth-order valence-corrected chi connectivity index (χ4v) is 12.8. The number of ether oxygens (including phenoxy) is 5. The van der Waals surface area contributed by atoms with Crippen LogP contribution in [0.4, 0.5) is 26.3 Å². The molecule has 6 heterocycles. The van der Waals surface area contributed by atoms with E-state index < -0.39 is 46.8 Å². The zero-order valence-electron chi connectivity index (χ0n) is 48.5. The number of hydrogen-bond acceptors (Lipinski definition) is 13. The number of nitrogens with zero attached hydrogens (tertiary/aromatic N) is 8. The van der Waals surface area contributed by atoms with Gasteiger partial charge in [0.2, 0.25) is 11.8 Å². The van der Waals surface area contributed by atoms with Gasteiger partial charge in [-0.15, -0.1) is 0 Å². The van der Waals surface area contributed by atoms with Crippen LogP contribution in [0.3, 0.4) is 0 Å². The number of nitriles is 2. The molecule has 2 spiro atoms. The van der Waals surface area contributed by atoms with Crippen LogP contribution in [0, 0.1) is 68.4 Å². The number of carbonyl (C=O) groups excluding carboxylic acids is 2. The standard InChI is InChI=1S/C70H52F6N8O7/c71-49-23-39(33-77)7-9-43(49)35-89-65-5-1-3-55(81-65)47-31-51(73)45(25-53(47)75)29-63-79-57-13-11-41(27-59(57)83(63)61-15-21-87-37-69(61)17-18-69)67(85)91-68(86)42-12-14-58-60(28-42)84(62-16-22-88-38-70(62)19-20-70)64(80-58)30-46-26-54(76)48(32-52(46)74)56-4-2-6-66(82-56)90-36-44-10-8-40(34-78)24-50(44)72/h1-14,23-28,31-32,61-62H,15-22,29-30,35-38H2. The smallest absolute Gasteiger partial charge is 0.346 e. The van der Waals surface area contributed by atoms with Gasteiger partial charge in [0, 0.05) is 83.4 Å². The Bertz CT molecular complexity index is 4410. The predicted octanol–water partition coefficient (Wildman–Crippen LogP) is 13.9. The lowest BCUT2D eigenvalue weighted by Gasteiger charge is -2.34. The van der Waals surface area contributed by atoms with Crippen molar-refractivity contribution in [3.63, 3.8) is 0 Å². The molecule has 4 aromatic heterocycles. The van der Waals surface area contributed by atoms with Crippen LogP contribution in [-0.2, 0) is 40.3 Å². The summed E-state index contributed by atoms with van der Waals surface area (Å²) in [7, 11) is 0. The van der Waals surface area contributed by atoms with Crippen molar-refractivity contribution in [2.75, 3.05) is 26.4 Å². The molecule has 10 aromatic rings. The lowest BCUT2D eigenvalue weighted by atomic mass is 9.91. The summed E-state index contributed by atoms with van der Waals surface area (Å²) in [5.74, 6) is -5.25. The van der Waals surface area contributed by atoms with Gasteiger partial charge in [-0.2, -0.15) is 10.5 Å². The highest BCUT2D eigenvalue weighted by Crippen LogP contribution is 2.59. The number of fused-ring (bicyclic) bond motifs is 2. The molecule has 14 rings (SSSR count). The Morgan fingerprint density at radius 2 is 0.934 bits per heavy atom. The molecule has 0 amide bonds. The molecule has 2 saturated carbocycles. The Hall–Kier alpha value is -10.2. The molecular formula is C70H52F6N8O7. The second kappa shape index (κ2) is 23.6. The van der Waals surface area contributed by atoms with Gasteiger partial charge in [-0.25, -0.2) is 55.9 Å². The van der Waals surface area contributed by atoms with E-state index in [0.29, 0.717) is 73.0 Å². The predicted molar refractivity (Wildman–Crippen MR) is 317 cm³/mol. The van der Waals surface area contributed by atoms with Crippen LogP contribution in [0.5, 0.6) is 11.8 Å². The first-order valence-corrected chi connectivity index (χ1v) is 29.6. The van der Waals surface area contributed by atoms with Crippen LogP contribution < -0.4 is 9.47 Å². The van der Waals surface area contributed by atoms with Crippen molar-refractivity contribution in [1.29, 1.82) is 10.5 Å². The summed E-state index contributed by atoms with van der Waals surface area (Å²) in [6.07, 6.45) is 4.30. The van der Waals surface area contributed by atoms with E-state index in [9.17, 15) is 18.4 Å². The highest BCUT2D eigenvalue weighted by Gasteiger charge is 2.54. The Balaban J connectivity index is 0.719. The average molecular weight is 1230 g/mol. The number of hydrogen-bond donors (Lipinski definition) is 0. The van der Waals surface area contributed by atoms with Gasteiger partial charge < -0.3 is 32.8 Å². The molecule has 15 nitrogen and oxygen atoms in total. The van der Waals surface area contributed by atoms with Gasteiger partial charge in [0.05, 0.1) is 81.1 Å². The monoisotopic (exact) mass is 1230 g/mol. The fraction of sp³-hybridized carbons (Fsp3) is 0.257. The first kappa shape index (κ1) is 58.5. The van der Waals surface area contributed by atoms with Gasteiger partial charge in [-0.05, 0) is 147 Å². The highest BCUT2D eigenvalue weighted by atomic mass is 19.1. The SMILES string of the molecule is N#Cc1ccc(COc2cccc(-c3cc(F)c(Cc4nc5ccc(C(=O)OC(=O)c6ccc7nc(Cc8cc(F)c(-c9cccc(OCc%10ccc(C#N)cc%10F)n9)cc8F)n(C8CCOCC89CC9)c7c6)cc5n4C4CCOCC45CC5)cc3F)n2)c(F)c1. The minimum Gasteiger partial charge on any atom is -0.473 e. The Labute approximate surface area is 516 Å². The zero-order valence-corrected chi connectivity index (χ0v) is 48.5. The minimum absolute atomic E-state index is 0.0102. The summed E-state index contributed by atoms with van der Waals surface area (Å²) in [5.41, 5.74) is 2.10. The van der Waals surface area contributed by atoms with Crippen molar-refractivity contribution >= 4 is 34.0 Å². The Kier molecular flexibility index (Phi) is 15.2. The number of esters is 2. The van der Waals surface area contributed by atoms with E-state index in [0.717, 1.165) is 62.1 Å². The van der Waals surface area contributed by atoms with E-state index in [1.807, 2.05) is 21.3 Å². The van der Waals surface area contributed by atoms with E-state index >= 15 is 17.6 Å². The molecule has 2 aliphatic carbocycles. The third-order valence-electron chi connectivity index (χ3n) is 17.9. The molecule has 456 valence electrons. The van der Waals surface area contributed by atoms with E-state index in [1.54, 1.807) is 36.4 Å². The summed E-state index contributed by atoms with van der Waals surface area (Å²) >= 11 is 0. The molecular weight excluding hydrogens is 1180 g/mol. The second-order valence-corrected chi connectivity index (χ2v) is 23.7. The normalized spacial score (nSPS) is 17.0. The number of imidazole rings is 2. The van der Waals surface area contributed by atoms with Gasteiger partial charge in [0.25, 0.3) is 0 Å². The molecule has 0 radical (unpaired) electrons. The molecule has 21 heteroatoms. The van der Waals surface area contributed by atoms with E-state index in [2.05, 4.69) is 9.97 Å². The summed E-state index contributed by atoms with van der Waals surface area (Å²) in [6.45, 7) is 1.37. The second-order valence-electron chi connectivity index (χ2n) is 23.7. The van der Waals surface area contributed by atoms with Gasteiger partial charge in [-0.1, -0.05) is 24.3 Å². The van der Waals surface area contributed by atoms with Crippen molar-refractivity contribution in [3.8, 4) is 46.4 Å². The molecule has 2 aliphatic heterocycles. The summed E-state index contributed by atoms with van der Waals surface area (Å²) in [4.78, 5) is 47.1. The van der Waals surface area contributed by atoms with E-state index in [1.165, 1.54) is 60.7 Å². The van der Waals surface area contributed by atoms with Crippen LogP contribution in [-0.4, -0.2) is 67.4 Å². The van der Waals surface area contributed by atoms with Crippen molar-refractivity contribution in [2.45, 2.75) is 76.7 Å². The lowest BCUT2D eigenvalue weighted by molar-refractivity contribution is 0.00856. The van der Waals surface area contributed by atoms with Gasteiger partial charge >= 0.3 is 11.9 Å². The zero-order chi connectivity index (χ0) is 62.7. The van der Waals surface area contributed by atoms with Crippen LogP contribution >= 0.6 is 0 Å². The van der Waals surface area contributed by atoms with Crippen molar-refractivity contribution < 1.29 is 59.6 Å². The molecule has 6 aromatic carbocycles. The Morgan fingerprint density at radius 3 is 1.34 bits per heavy atom. The maximum atomic E-state index is 16.4. The average Bonchev–Trinajstić information content (AvgIpc) is 1.60. The highest BCUT2D eigenvalue weighted by molar-refractivity contribution is 6.05. The quantitative estimate of drug-likeness (QED) is 0.0505. The lowest BCUT2D eigenvalue weighted by Crippen LogP contribution is -2.32. The van der Waals surface area contributed by atoms with Crippen LogP contribution in [0.25, 0.3) is 44.6 Å². The first-order chi connectivity index (χ1) is 44.1. The van der Waals surface area contributed by atoms with Crippen molar-refractivity contribution in [3.05, 3.63) is 225 Å². The fourth-order valence-electron chi connectivity index (χ4n) is 12.8. The van der Waals surface area contributed by atoms with Gasteiger partial charge in [-0.3, -0.25) is 0 Å². The molecule has 91 heavy (non-hydrogen) atoms. The molecule has 0 bridgehead atoms. The van der Waals surface area contributed by atoms with Crippen LogP contribution in [0.1, 0.15) is 116 Å². The molecule has 2 atom stereocenters. The van der Waals surface area contributed by atoms with E-state index in [4.69, 9.17) is 44.2 Å². The number of carbonyl (C=O) groups is 2. The van der Waals surface area contributed by atoms with Crippen LogP contribution in [0.2, 0.25) is 0 Å². The maximum absolute atomic E-state index is 16.4. The molecule has 4 aliphatic rings. The first-order valence-electron chi connectivity index (χ1n) is 29.6. The van der Waals surface area contributed by atoms with Gasteiger partial charge in [0.1, 0.15) is 59.8 Å². The molecule has 2 unspecified atom stereocenters. The topological polar surface area (TPSA) is 189 Å². The van der Waals surface area contributed by atoms with Gasteiger partial charge in [0.15, 0.2) is 0 Å². The number of rotatable bonds is 16. The largest absolute Gasteiger partial charge is 0.473 e. The molecule has 4 fully saturated rings. The number of aromatic nitrogens is 6. The number of pyridine rings is 2. The summed E-state index contributed by atoms with van der Waals surface area (Å²) in [6, 6.07) is 34.2. The minimum atomic E-state index is -0.952. The molecule has 2 saturated heterocycles. The maximum Gasteiger partial charge on any atom is 0.346 e. The number of benzene rings is 6. The number of halogens is 6. The summed E-state index contributed by atoms with van der Waals surface area (Å²) in [5, 5.41) is 18.2. The van der Waals surface area contributed by atoms with Crippen molar-refractivity contribution in [2.24, 2.45) is 10.8 Å². The third-order valence-corrected chi connectivity index (χ3v) is 17.9. The summed E-state index contributed by atoms with van der Waals surface area (Å²) < 4.78 is 127. The van der Waals surface area contributed by atoms with Crippen LogP contribution in [0.15, 0.2) is 133 Å². The Morgan fingerprint density at radius 1 is 0.505 bits per heavy atom. The van der Waals surface area contributed by atoms with E-state index in [-0.39, 0.29) is 128 Å². The van der Waals surface area contributed by atoms with Crippen molar-refractivity contribution in [1.82, 2.24) is 29.1 Å². The molecule has 0 N–H and O–H groups in total.